The number of carboxylic acids is 2. The minimum Gasteiger partial charge on any atom is -0.481 e. The van der Waals surface area contributed by atoms with Crippen molar-refractivity contribution in [1.82, 2.24) is 74.1 Å². The van der Waals surface area contributed by atoms with Crippen molar-refractivity contribution >= 4 is 99.6 Å². The quantitative estimate of drug-likeness (QED) is 0.0287. The van der Waals surface area contributed by atoms with E-state index in [1.54, 1.807) is 109 Å². The van der Waals surface area contributed by atoms with Crippen LogP contribution in [0.1, 0.15) is 157 Å². The Morgan fingerprint density at radius 1 is 0.418 bits per heavy atom. The molecule has 0 saturated carbocycles. The van der Waals surface area contributed by atoms with Gasteiger partial charge in [0.25, 0.3) is 0 Å². The highest BCUT2D eigenvalue weighted by molar-refractivity contribution is 6.00. The Morgan fingerprint density at radius 3 is 1.35 bits per heavy atom. The summed E-state index contributed by atoms with van der Waals surface area (Å²) in [5.74, 6) is -15.8. The number of amides is 13. The Labute approximate surface area is 642 Å². The molecule has 3 aromatic rings. The number of aromatic nitrogens is 1. The van der Waals surface area contributed by atoms with Crippen LogP contribution < -0.4 is 86.3 Å². The summed E-state index contributed by atoms with van der Waals surface area (Å²) in [7, 11) is 0. The zero-order valence-corrected chi connectivity index (χ0v) is 64.9. The van der Waals surface area contributed by atoms with E-state index >= 15 is 0 Å². The highest BCUT2D eigenvalue weighted by atomic mass is 16.4. The number of nitrogens with one attached hydrogen (secondary N) is 14. The molecular formula is C75H119N17O18. The van der Waals surface area contributed by atoms with Crippen molar-refractivity contribution in [3.63, 3.8) is 0 Å². The first-order valence-corrected chi connectivity index (χ1v) is 37.7. The molecule has 0 spiro atoms. The number of aliphatic hydroxyl groups is 1. The molecule has 0 bridgehead atoms. The number of aliphatic hydroxyl groups excluding tert-OH is 1. The van der Waals surface area contributed by atoms with Gasteiger partial charge in [-0.05, 0) is 118 Å². The Morgan fingerprint density at radius 2 is 0.836 bits per heavy atom. The van der Waals surface area contributed by atoms with Gasteiger partial charge in [0.15, 0.2) is 0 Å². The number of nitrogens with two attached hydrogens (primary N) is 3. The van der Waals surface area contributed by atoms with Crippen molar-refractivity contribution in [2.24, 2.45) is 46.8 Å². The van der Waals surface area contributed by atoms with Crippen molar-refractivity contribution in [3.8, 4) is 0 Å². The molecule has 612 valence electrons. The Balaban J connectivity index is 1.87. The van der Waals surface area contributed by atoms with Gasteiger partial charge < -0.3 is 107 Å². The van der Waals surface area contributed by atoms with E-state index in [9.17, 15) is 87.2 Å². The third-order valence-corrected chi connectivity index (χ3v) is 18.5. The van der Waals surface area contributed by atoms with Crippen LogP contribution in [0.15, 0.2) is 60.8 Å². The van der Waals surface area contributed by atoms with E-state index in [0.29, 0.717) is 54.1 Å². The molecule has 13 amide bonds. The molecule has 35 nitrogen and oxygen atoms in total. The van der Waals surface area contributed by atoms with E-state index in [0.717, 1.165) is 0 Å². The predicted octanol–water partition coefficient (Wildman–Crippen LogP) is -1.48. The number of carbonyl (C=O) groups is 15. The third kappa shape index (κ3) is 33.0. The fraction of sp³-hybridized carbons (Fsp3) is 0.613. The van der Waals surface area contributed by atoms with Gasteiger partial charge in [0, 0.05) is 36.4 Å². The summed E-state index contributed by atoms with van der Waals surface area (Å²) in [6, 6.07) is 0.277. The number of fused-ring (bicyclic) bond motifs is 1. The summed E-state index contributed by atoms with van der Waals surface area (Å²) in [5.41, 5.74) is 18.9. The Kier molecular flexibility index (Phi) is 42.0. The van der Waals surface area contributed by atoms with Gasteiger partial charge in [-0.2, -0.15) is 0 Å². The van der Waals surface area contributed by atoms with E-state index in [2.05, 4.69) is 74.1 Å². The van der Waals surface area contributed by atoms with Crippen molar-refractivity contribution in [2.75, 3.05) is 39.3 Å². The standard InChI is InChI=1S/C75H119N17O18/c1-11-44(9)63(90-58(94)36-78)73(107)87-53(32-41(3)4)66(100)81-38-59(95)82-50(26-18-20-30-76)67(101)85-54(33-42(5)6)69(103)86-55(35-47-37-79-49-25-17-16-24-48(47)49)70(104)83-52(28-29-61(97)98)65(99)80-39-60(96)91-62(43(7)8)72(106)84-51(27-19-21-31-77)68(102)89-57(40-93)71(105)92-64(45(10)12-2)74(108)88-56(75(109)110)34-46-22-14-13-15-23-46/h13-17,22-25,37,41-45,50-57,62-64,79,93H,11-12,18-21,26-36,38-40,76-78H2,1-10H3,(H,80,99)(H,81,100)(H,82,95)(H,83,104)(H,84,106)(H,85,101)(H,86,103)(H,87,107)(H,88,108)(H,89,102)(H,90,94)(H,91,96)(H,92,105)(H,97,98)(H,109,110)/t44-,45-,50-,51-,52-,53-,54-,55-,56-,57-,62-,63-,64-/m0/s1. The molecule has 23 N–H and O–H groups in total. The summed E-state index contributed by atoms with van der Waals surface area (Å²) in [6.07, 6.45) is 2.41. The highest BCUT2D eigenvalue weighted by Crippen LogP contribution is 2.21. The second-order valence-corrected chi connectivity index (χ2v) is 28.8. The molecule has 13 atom stereocenters. The molecule has 0 radical (unpaired) electrons. The van der Waals surface area contributed by atoms with Gasteiger partial charge in [0.2, 0.25) is 76.8 Å². The third-order valence-electron chi connectivity index (χ3n) is 18.5. The van der Waals surface area contributed by atoms with Gasteiger partial charge in [-0.25, -0.2) is 4.79 Å². The number of hydrogen-bond acceptors (Lipinski definition) is 19. The van der Waals surface area contributed by atoms with E-state index in [1.807, 2.05) is 20.8 Å². The monoisotopic (exact) mass is 1550 g/mol. The minimum atomic E-state index is -1.69. The van der Waals surface area contributed by atoms with Crippen LogP contribution in [0.3, 0.4) is 0 Å². The first kappa shape index (κ1) is 94.1. The number of benzene rings is 2. The van der Waals surface area contributed by atoms with Crippen LogP contribution in [0.25, 0.3) is 10.9 Å². The Hall–Kier alpha value is -10.1. The summed E-state index contributed by atoms with van der Waals surface area (Å²) >= 11 is 0. The fourth-order valence-corrected chi connectivity index (χ4v) is 11.8. The first-order chi connectivity index (χ1) is 52.1. The van der Waals surface area contributed by atoms with Crippen LogP contribution in [0.4, 0.5) is 0 Å². The molecule has 0 unspecified atom stereocenters. The number of carboxylic acid groups (broad SMARTS) is 2. The number of para-hydroxylation sites is 1. The molecule has 0 aliphatic rings. The lowest BCUT2D eigenvalue weighted by Gasteiger charge is -2.29. The van der Waals surface area contributed by atoms with Crippen LogP contribution in [0.5, 0.6) is 0 Å². The van der Waals surface area contributed by atoms with Gasteiger partial charge >= 0.3 is 11.9 Å². The number of H-pyrrole nitrogens is 1. The average Bonchev–Trinajstić information content (AvgIpc) is 1.64. The zero-order valence-electron chi connectivity index (χ0n) is 64.9. The molecule has 1 heterocycles. The lowest BCUT2D eigenvalue weighted by Crippen LogP contribution is -2.61. The second kappa shape index (κ2) is 49.1. The predicted molar refractivity (Wildman–Crippen MR) is 409 cm³/mol. The van der Waals surface area contributed by atoms with E-state index < -0.39 is 200 Å². The molecule has 0 aliphatic heterocycles. The Bertz CT molecular complexity index is 3540. The maximum absolute atomic E-state index is 14.8. The van der Waals surface area contributed by atoms with Gasteiger partial charge in [-0.3, -0.25) is 67.1 Å². The topological polar surface area (TPSA) is 567 Å². The van der Waals surface area contributed by atoms with Crippen LogP contribution >= 0.6 is 0 Å². The maximum atomic E-state index is 14.8. The van der Waals surface area contributed by atoms with Crippen LogP contribution in [-0.4, -0.2) is 215 Å². The lowest BCUT2D eigenvalue weighted by molar-refractivity contribution is -0.142. The average molecular weight is 1550 g/mol. The normalized spacial score (nSPS) is 14.8. The second-order valence-electron chi connectivity index (χ2n) is 28.8. The van der Waals surface area contributed by atoms with Crippen molar-refractivity contribution in [2.45, 2.75) is 226 Å². The van der Waals surface area contributed by atoms with Crippen LogP contribution in [-0.2, 0) is 84.8 Å². The fourth-order valence-electron chi connectivity index (χ4n) is 11.8. The summed E-state index contributed by atoms with van der Waals surface area (Å²) in [5, 5.41) is 64.2. The minimum absolute atomic E-state index is 0.0173. The van der Waals surface area contributed by atoms with Gasteiger partial charge in [0.1, 0.15) is 66.5 Å². The van der Waals surface area contributed by atoms with Crippen molar-refractivity contribution in [1.29, 1.82) is 0 Å². The van der Waals surface area contributed by atoms with Crippen molar-refractivity contribution in [3.05, 3.63) is 71.9 Å². The lowest BCUT2D eigenvalue weighted by atomic mass is 9.96. The molecule has 1 aromatic heterocycles. The molecule has 0 fully saturated rings. The van der Waals surface area contributed by atoms with E-state index in [4.69, 9.17) is 17.2 Å². The highest BCUT2D eigenvalue weighted by Gasteiger charge is 2.38. The summed E-state index contributed by atoms with van der Waals surface area (Å²) < 4.78 is 0. The molecule has 2 aromatic carbocycles. The number of aromatic amines is 1. The number of carbonyl (C=O) groups excluding carboxylic acids is 13. The molecule has 35 heteroatoms. The first-order valence-electron chi connectivity index (χ1n) is 37.7. The number of aliphatic carboxylic acids is 2. The molecular weight excluding hydrogens is 1430 g/mol. The SMILES string of the molecule is CC[C@H](C)[C@H](NC(=O)CN)C(=O)N[C@@H](CC(C)C)C(=O)NCC(=O)N[C@@H](CCCCN)C(=O)N[C@@H](CC(C)C)C(=O)N[C@@H](Cc1c[nH]c2ccccc12)C(=O)N[C@@H](CCC(=O)O)C(=O)NCC(=O)N[C@H](C(=O)N[C@@H](CCCCN)C(=O)N[C@@H](CO)C(=O)N[C@H](C(=O)N[C@@H](Cc1ccccc1)C(=O)O)[C@@H](C)CC)C(C)C. The number of hydrogen-bond donors (Lipinski definition) is 20. The molecule has 110 heavy (non-hydrogen) atoms. The summed E-state index contributed by atoms with van der Waals surface area (Å²) in [6.45, 7) is 14.8. The van der Waals surface area contributed by atoms with Gasteiger partial charge in [0.05, 0.1) is 26.2 Å². The van der Waals surface area contributed by atoms with Gasteiger partial charge in [-0.15, -0.1) is 0 Å². The number of unbranched alkanes of at least 4 members (excludes halogenated alkanes) is 2. The van der Waals surface area contributed by atoms with Crippen molar-refractivity contribution < 1.29 is 87.2 Å². The summed E-state index contributed by atoms with van der Waals surface area (Å²) in [4.78, 5) is 208. The van der Waals surface area contributed by atoms with Gasteiger partial charge in [-0.1, -0.05) is 131 Å². The van der Waals surface area contributed by atoms with Crippen LogP contribution in [0.2, 0.25) is 0 Å². The van der Waals surface area contributed by atoms with Crippen LogP contribution in [0, 0.1) is 29.6 Å². The maximum Gasteiger partial charge on any atom is 0.326 e. The number of rotatable bonds is 52. The van der Waals surface area contributed by atoms with E-state index in [1.165, 1.54) is 0 Å². The smallest absolute Gasteiger partial charge is 0.326 e. The van der Waals surface area contributed by atoms with E-state index in [-0.39, 0.29) is 82.3 Å². The zero-order chi connectivity index (χ0) is 82.3. The molecule has 0 aliphatic carbocycles. The molecule has 3 rings (SSSR count). The molecule has 0 saturated heterocycles. The largest absolute Gasteiger partial charge is 0.481 e.